The number of nitrogens with zero attached hydrogens (tertiary/aromatic N) is 1. The van der Waals surface area contributed by atoms with Crippen LogP contribution in [0, 0.1) is 0 Å². The van der Waals surface area contributed by atoms with E-state index < -0.39 is 0 Å². The number of rotatable bonds is 2. The van der Waals surface area contributed by atoms with Crippen LogP contribution in [0.2, 0.25) is 0 Å². The fraction of sp³-hybridized carbons (Fsp3) is 0.125. The number of anilines is 1. The maximum absolute atomic E-state index is 11.6. The molecule has 20 heavy (non-hydrogen) atoms. The Morgan fingerprint density at radius 2 is 1.75 bits per heavy atom. The number of nitrogens with two attached hydrogens (primary N) is 1. The van der Waals surface area contributed by atoms with Crippen molar-refractivity contribution in [3.8, 4) is 0 Å². The molecule has 1 unspecified atom stereocenters. The number of hydrogen-bond acceptors (Lipinski definition) is 3. The first kappa shape index (κ1) is 12.4. The summed E-state index contributed by atoms with van der Waals surface area (Å²) in [7, 11) is 0. The van der Waals surface area contributed by atoms with Crippen LogP contribution in [0.15, 0.2) is 59.7 Å². The summed E-state index contributed by atoms with van der Waals surface area (Å²) in [5.74, 6) is -0.0772. The first-order valence-electron chi connectivity index (χ1n) is 6.51. The van der Waals surface area contributed by atoms with E-state index in [2.05, 4.69) is 10.5 Å². The number of hydrazone groups is 1. The van der Waals surface area contributed by atoms with Crippen molar-refractivity contribution in [2.24, 2.45) is 5.10 Å². The van der Waals surface area contributed by atoms with Gasteiger partial charge < -0.3 is 5.73 Å². The van der Waals surface area contributed by atoms with E-state index in [4.69, 9.17) is 5.73 Å². The van der Waals surface area contributed by atoms with Gasteiger partial charge in [-0.05, 0) is 23.3 Å². The number of amides is 1. The Balaban J connectivity index is 2.02. The molecule has 0 fully saturated rings. The first-order chi connectivity index (χ1) is 9.74. The zero-order chi connectivity index (χ0) is 13.9. The number of hydrogen-bond donors (Lipinski definition) is 2. The van der Waals surface area contributed by atoms with Crippen molar-refractivity contribution >= 4 is 17.3 Å². The molecule has 1 atom stereocenters. The van der Waals surface area contributed by atoms with Gasteiger partial charge in [0.2, 0.25) is 5.91 Å². The molecule has 4 heteroatoms. The number of carbonyl (C=O) groups excluding carboxylic acids is 1. The van der Waals surface area contributed by atoms with Gasteiger partial charge in [0.15, 0.2) is 0 Å². The third-order valence-corrected chi connectivity index (χ3v) is 3.43. The molecule has 4 nitrogen and oxygen atoms in total. The van der Waals surface area contributed by atoms with E-state index >= 15 is 0 Å². The Kier molecular flexibility index (Phi) is 3.21. The molecule has 0 spiro atoms. The van der Waals surface area contributed by atoms with Gasteiger partial charge in [0, 0.05) is 18.0 Å². The van der Waals surface area contributed by atoms with Crippen LogP contribution < -0.4 is 11.2 Å². The molecular formula is C16H15N3O. The molecule has 3 N–H and O–H groups in total. The average Bonchev–Trinajstić information content (AvgIpc) is 2.49. The van der Waals surface area contributed by atoms with Crippen molar-refractivity contribution in [3.05, 3.63) is 65.7 Å². The monoisotopic (exact) mass is 265 g/mol. The van der Waals surface area contributed by atoms with Gasteiger partial charge in [-0.25, -0.2) is 5.43 Å². The molecule has 0 aromatic heterocycles. The highest BCUT2D eigenvalue weighted by atomic mass is 16.2. The lowest BCUT2D eigenvalue weighted by Gasteiger charge is -2.23. The molecule has 0 saturated heterocycles. The Labute approximate surface area is 117 Å². The van der Waals surface area contributed by atoms with Crippen LogP contribution in [-0.4, -0.2) is 11.6 Å². The predicted molar refractivity (Wildman–Crippen MR) is 79.3 cm³/mol. The lowest BCUT2D eigenvalue weighted by molar-refractivity contribution is -0.121. The summed E-state index contributed by atoms with van der Waals surface area (Å²) < 4.78 is 0. The normalized spacial score (nSPS) is 18.3. The highest BCUT2D eigenvalue weighted by molar-refractivity contribution is 6.08. The van der Waals surface area contributed by atoms with E-state index in [0.717, 1.165) is 16.8 Å². The number of carbonyl (C=O) groups is 1. The van der Waals surface area contributed by atoms with Gasteiger partial charge >= 0.3 is 0 Å². The largest absolute Gasteiger partial charge is 0.399 e. The van der Waals surface area contributed by atoms with Crippen molar-refractivity contribution in [1.29, 1.82) is 0 Å². The summed E-state index contributed by atoms with van der Waals surface area (Å²) in [4.78, 5) is 11.6. The SMILES string of the molecule is Nc1ccc(C2=NNC(=O)CC2c2ccccc2)cc1. The van der Waals surface area contributed by atoms with E-state index in [-0.39, 0.29) is 11.8 Å². The smallest absolute Gasteiger partial charge is 0.241 e. The Morgan fingerprint density at radius 3 is 2.45 bits per heavy atom. The van der Waals surface area contributed by atoms with Gasteiger partial charge in [-0.15, -0.1) is 0 Å². The van der Waals surface area contributed by atoms with Crippen LogP contribution in [0.1, 0.15) is 23.5 Å². The Bertz CT molecular complexity index is 647. The fourth-order valence-corrected chi connectivity index (χ4v) is 2.41. The highest BCUT2D eigenvalue weighted by Crippen LogP contribution is 2.27. The predicted octanol–water partition coefficient (Wildman–Crippen LogP) is 2.28. The second kappa shape index (κ2) is 5.17. The van der Waals surface area contributed by atoms with Gasteiger partial charge in [0.25, 0.3) is 0 Å². The van der Waals surface area contributed by atoms with Gasteiger partial charge in [-0.2, -0.15) is 5.10 Å². The van der Waals surface area contributed by atoms with Crippen LogP contribution in [0.4, 0.5) is 5.69 Å². The molecule has 1 heterocycles. The molecule has 2 aromatic carbocycles. The van der Waals surface area contributed by atoms with E-state index in [1.54, 1.807) is 0 Å². The molecule has 100 valence electrons. The summed E-state index contributed by atoms with van der Waals surface area (Å²) in [6, 6.07) is 17.5. The minimum absolute atomic E-state index is 0.0198. The zero-order valence-electron chi connectivity index (χ0n) is 10.9. The van der Waals surface area contributed by atoms with Gasteiger partial charge in [-0.1, -0.05) is 42.5 Å². The lowest BCUT2D eigenvalue weighted by atomic mass is 9.86. The molecule has 1 amide bonds. The maximum atomic E-state index is 11.6. The minimum Gasteiger partial charge on any atom is -0.399 e. The minimum atomic E-state index is -0.0574. The second-order valence-corrected chi connectivity index (χ2v) is 4.82. The zero-order valence-corrected chi connectivity index (χ0v) is 10.9. The van der Waals surface area contributed by atoms with Crippen molar-refractivity contribution in [2.75, 3.05) is 5.73 Å². The quantitative estimate of drug-likeness (QED) is 0.818. The highest BCUT2D eigenvalue weighted by Gasteiger charge is 2.26. The third kappa shape index (κ3) is 2.40. The van der Waals surface area contributed by atoms with Crippen molar-refractivity contribution in [1.82, 2.24) is 5.43 Å². The molecule has 1 aliphatic rings. The fourth-order valence-electron chi connectivity index (χ4n) is 2.41. The van der Waals surface area contributed by atoms with Crippen LogP contribution in [0.25, 0.3) is 0 Å². The first-order valence-corrected chi connectivity index (χ1v) is 6.51. The topological polar surface area (TPSA) is 67.5 Å². The van der Waals surface area contributed by atoms with Gasteiger partial charge in [0.05, 0.1) is 5.71 Å². The summed E-state index contributed by atoms with van der Waals surface area (Å²) in [5.41, 5.74) is 11.9. The van der Waals surface area contributed by atoms with E-state index in [0.29, 0.717) is 12.1 Å². The molecule has 0 radical (unpaired) electrons. The molecule has 0 saturated carbocycles. The van der Waals surface area contributed by atoms with Crippen molar-refractivity contribution < 1.29 is 4.79 Å². The molecule has 1 aliphatic heterocycles. The average molecular weight is 265 g/mol. The van der Waals surface area contributed by atoms with Gasteiger partial charge in [-0.3, -0.25) is 4.79 Å². The lowest BCUT2D eigenvalue weighted by Crippen LogP contribution is -2.32. The summed E-state index contributed by atoms with van der Waals surface area (Å²) in [6.45, 7) is 0. The summed E-state index contributed by atoms with van der Waals surface area (Å²) in [5, 5.41) is 4.24. The van der Waals surface area contributed by atoms with Gasteiger partial charge in [0.1, 0.15) is 0 Å². The molecule has 2 aromatic rings. The summed E-state index contributed by atoms with van der Waals surface area (Å²) in [6.07, 6.45) is 0.410. The van der Waals surface area contributed by atoms with E-state index in [1.807, 2.05) is 54.6 Å². The van der Waals surface area contributed by atoms with Crippen LogP contribution >= 0.6 is 0 Å². The van der Waals surface area contributed by atoms with Crippen LogP contribution in [0.5, 0.6) is 0 Å². The molecule has 3 rings (SSSR count). The van der Waals surface area contributed by atoms with Crippen LogP contribution in [0.3, 0.4) is 0 Å². The Morgan fingerprint density at radius 1 is 1.05 bits per heavy atom. The third-order valence-electron chi connectivity index (χ3n) is 3.43. The molecular weight excluding hydrogens is 250 g/mol. The molecule has 0 bridgehead atoms. The maximum Gasteiger partial charge on any atom is 0.241 e. The van der Waals surface area contributed by atoms with E-state index in [1.165, 1.54) is 0 Å². The Hall–Kier alpha value is -2.62. The van der Waals surface area contributed by atoms with E-state index in [9.17, 15) is 4.79 Å². The standard InChI is InChI=1S/C16H15N3O/c17-13-8-6-12(7-9-13)16-14(10-15(20)18-19-16)11-4-2-1-3-5-11/h1-9,14H,10,17H2,(H,18,20). The number of nitrogens with one attached hydrogen (secondary N) is 1. The number of nitrogen functional groups attached to an aromatic ring is 1. The van der Waals surface area contributed by atoms with Crippen molar-refractivity contribution in [3.63, 3.8) is 0 Å². The summed E-state index contributed by atoms with van der Waals surface area (Å²) >= 11 is 0. The van der Waals surface area contributed by atoms with Crippen molar-refractivity contribution in [2.45, 2.75) is 12.3 Å². The van der Waals surface area contributed by atoms with Crippen LogP contribution in [-0.2, 0) is 4.79 Å². The number of benzene rings is 2. The molecule has 0 aliphatic carbocycles. The second-order valence-electron chi connectivity index (χ2n) is 4.82.